The van der Waals surface area contributed by atoms with Gasteiger partial charge in [-0.3, -0.25) is 4.79 Å². The lowest BCUT2D eigenvalue weighted by atomic mass is 10.2. The lowest BCUT2D eigenvalue weighted by molar-refractivity contribution is -0.113. The highest BCUT2D eigenvalue weighted by atomic mass is 35.5. The zero-order valence-electron chi connectivity index (χ0n) is 14.7. The van der Waals surface area contributed by atoms with E-state index in [9.17, 15) is 4.79 Å². The van der Waals surface area contributed by atoms with Crippen LogP contribution in [0.2, 0.25) is 5.02 Å². The van der Waals surface area contributed by atoms with Crippen molar-refractivity contribution in [2.45, 2.75) is 5.16 Å². The summed E-state index contributed by atoms with van der Waals surface area (Å²) in [6.45, 7) is 0. The number of aromatic nitrogens is 5. The first-order valence-corrected chi connectivity index (χ1v) is 9.60. The molecule has 0 bridgehead atoms. The highest BCUT2D eigenvalue weighted by Crippen LogP contribution is 2.26. The second-order valence-corrected chi connectivity index (χ2v) is 7.16. The van der Waals surface area contributed by atoms with Gasteiger partial charge in [0.05, 0.1) is 35.3 Å². The zero-order valence-corrected chi connectivity index (χ0v) is 16.3. The summed E-state index contributed by atoms with van der Waals surface area (Å²) in [5, 5.41) is 8.13. The van der Waals surface area contributed by atoms with E-state index >= 15 is 0 Å². The number of hydrogen-bond donors (Lipinski definition) is 2. The summed E-state index contributed by atoms with van der Waals surface area (Å²) in [6, 6.07) is 10.7. The Morgan fingerprint density at radius 2 is 2.21 bits per heavy atom. The van der Waals surface area contributed by atoms with Gasteiger partial charge in [0.1, 0.15) is 18.4 Å². The smallest absolute Gasteiger partial charge is 0.234 e. The summed E-state index contributed by atoms with van der Waals surface area (Å²) in [5.41, 5.74) is 2.90. The second-order valence-electron chi connectivity index (χ2n) is 5.76. The molecule has 2 aromatic heterocycles. The van der Waals surface area contributed by atoms with Crippen LogP contribution in [0.1, 0.15) is 0 Å². The minimum Gasteiger partial charge on any atom is -0.497 e. The molecule has 0 spiro atoms. The molecule has 8 nitrogen and oxygen atoms in total. The average Bonchev–Trinajstić information content (AvgIpc) is 3.35. The largest absolute Gasteiger partial charge is 0.497 e. The number of amides is 1. The van der Waals surface area contributed by atoms with Gasteiger partial charge >= 0.3 is 0 Å². The molecule has 0 aliphatic heterocycles. The Balaban J connectivity index is 1.46. The van der Waals surface area contributed by atoms with Crippen molar-refractivity contribution in [3.05, 3.63) is 54.1 Å². The zero-order chi connectivity index (χ0) is 19.5. The van der Waals surface area contributed by atoms with Crippen molar-refractivity contribution in [2.75, 3.05) is 18.2 Å². The lowest BCUT2D eigenvalue weighted by Crippen LogP contribution is -2.16. The van der Waals surface area contributed by atoms with E-state index in [1.54, 1.807) is 36.3 Å². The summed E-state index contributed by atoms with van der Waals surface area (Å²) in [6.07, 6.45) is 2.98. The van der Waals surface area contributed by atoms with Gasteiger partial charge in [-0.25, -0.2) is 14.6 Å². The molecule has 4 rings (SSSR count). The molecule has 0 saturated heterocycles. The maximum Gasteiger partial charge on any atom is 0.234 e. The van der Waals surface area contributed by atoms with Crippen LogP contribution in [0.3, 0.4) is 0 Å². The number of nitrogens with one attached hydrogen (secondary N) is 2. The number of carbonyl (C=O) groups is 1. The average molecular weight is 415 g/mol. The maximum absolute atomic E-state index is 12.5. The van der Waals surface area contributed by atoms with E-state index in [1.165, 1.54) is 18.1 Å². The van der Waals surface area contributed by atoms with Gasteiger partial charge in [-0.15, -0.1) is 0 Å². The first-order chi connectivity index (χ1) is 13.6. The molecule has 28 heavy (non-hydrogen) atoms. The van der Waals surface area contributed by atoms with E-state index < -0.39 is 0 Å². The van der Waals surface area contributed by atoms with Gasteiger partial charge in [-0.05, 0) is 30.3 Å². The Labute approximate surface area is 169 Å². The van der Waals surface area contributed by atoms with Crippen LogP contribution >= 0.6 is 23.4 Å². The Morgan fingerprint density at radius 1 is 1.32 bits per heavy atom. The number of anilines is 1. The summed E-state index contributed by atoms with van der Waals surface area (Å²) in [7, 11) is 1.61. The quantitative estimate of drug-likeness (QED) is 0.468. The molecule has 142 valence electrons. The summed E-state index contributed by atoms with van der Waals surface area (Å²) >= 11 is 7.38. The number of imidazole rings is 1. The van der Waals surface area contributed by atoms with Crippen LogP contribution in [0.4, 0.5) is 5.69 Å². The maximum atomic E-state index is 12.5. The molecule has 0 saturated carbocycles. The number of fused-ring (bicyclic) bond motifs is 1. The number of H-pyrrole nitrogens is 1. The van der Waals surface area contributed by atoms with Gasteiger partial charge in [0.15, 0.2) is 5.16 Å². The van der Waals surface area contributed by atoms with Crippen LogP contribution < -0.4 is 10.1 Å². The van der Waals surface area contributed by atoms with E-state index in [0.717, 1.165) is 16.8 Å². The third-order valence-electron chi connectivity index (χ3n) is 3.91. The molecule has 1 amide bonds. The van der Waals surface area contributed by atoms with Crippen LogP contribution in [-0.2, 0) is 4.79 Å². The Hall–Kier alpha value is -3.04. The Morgan fingerprint density at radius 3 is 3.00 bits per heavy atom. The predicted molar refractivity (Wildman–Crippen MR) is 108 cm³/mol. The fraction of sp³-hybridized carbons (Fsp3) is 0.111. The van der Waals surface area contributed by atoms with Gasteiger partial charge in [-0.2, -0.15) is 5.10 Å². The first kappa shape index (κ1) is 18.3. The fourth-order valence-corrected chi connectivity index (χ4v) is 3.48. The SMILES string of the molecule is COc1ccc2nc(SCC(=O)Nc3cc(Cl)ccc3-n3cncn3)[nH]c2c1. The number of hydrogen-bond acceptors (Lipinski definition) is 6. The molecule has 2 heterocycles. The fourth-order valence-electron chi connectivity index (χ4n) is 2.62. The molecular formula is C18H15ClN6O2S. The monoisotopic (exact) mass is 414 g/mol. The van der Waals surface area contributed by atoms with Crippen molar-refractivity contribution >= 4 is 46.0 Å². The number of halogens is 1. The van der Waals surface area contributed by atoms with Gasteiger partial charge in [0.2, 0.25) is 5.91 Å². The standard InChI is InChI=1S/C18H15ClN6O2S/c1-27-12-3-4-13-14(7-12)24-18(23-13)28-8-17(26)22-15-6-11(19)2-5-16(15)25-10-20-9-21-25/h2-7,9-10H,8H2,1H3,(H,22,26)(H,23,24). The van der Waals surface area contributed by atoms with Crippen molar-refractivity contribution in [2.24, 2.45) is 0 Å². The number of nitrogens with zero attached hydrogens (tertiary/aromatic N) is 4. The highest BCUT2D eigenvalue weighted by Gasteiger charge is 2.12. The summed E-state index contributed by atoms with van der Waals surface area (Å²) < 4.78 is 6.77. The molecule has 2 aromatic carbocycles. The molecular weight excluding hydrogens is 400 g/mol. The third-order valence-corrected chi connectivity index (χ3v) is 5.01. The summed E-state index contributed by atoms with van der Waals surface area (Å²) in [4.78, 5) is 24.0. The van der Waals surface area contributed by atoms with Crippen LogP contribution in [-0.4, -0.2) is 43.5 Å². The predicted octanol–water partition coefficient (Wildman–Crippen LogP) is 3.54. The van der Waals surface area contributed by atoms with E-state index in [4.69, 9.17) is 16.3 Å². The van der Waals surface area contributed by atoms with Gasteiger partial charge < -0.3 is 15.0 Å². The lowest BCUT2D eigenvalue weighted by Gasteiger charge is -2.11. The van der Waals surface area contributed by atoms with E-state index in [-0.39, 0.29) is 11.7 Å². The molecule has 0 unspecified atom stereocenters. The van der Waals surface area contributed by atoms with E-state index in [0.29, 0.717) is 21.6 Å². The summed E-state index contributed by atoms with van der Waals surface area (Å²) in [5.74, 6) is 0.735. The highest BCUT2D eigenvalue weighted by molar-refractivity contribution is 7.99. The van der Waals surface area contributed by atoms with Crippen LogP contribution in [0.5, 0.6) is 5.75 Å². The molecule has 10 heteroatoms. The van der Waals surface area contributed by atoms with E-state index in [2.05, 4.69) is 25.4 Å². The normalized spacial score (nSPS) is 10.9. The number of ether oxygens (including phenoxy) is 1. The topological polar surface area (TPSA) is 97.7 Å². The second kappa shape index (κ2) is 7.91. The first-order valence-electron chi connectivity index (χ1n) is 8.23. The number of thioether (sulfide) groups is 1. The van der Waals surface area contributed by atoms with Crippen molar-refractivity contribution in [1.29, 1.82) is 0 Å². The molecule has 0 aliphatic carbocycles. The van der Waals surface area contributed by atoms with Crippen molar-refractivity contribution in [1.82, 2.24) is 24.7 Å². The van der Waals surface area contributed by atoms with E-state index in [1.807, 2.05) is 18.2 Å². The van der Waals surface area contributed by atoms with Crippen molar-refractivity contribution < 1.29 is 9.53 Å². The van der Waals surface area contributed by atoms with Crippen molar-refractivity contribution in [3.8, 4) is 11.4 Å². The van der Waals surface area contributed by atoms with Crippen LogP contribution in [0.25, 0.3) is 16.7 Å². The number of rotatable bonds is 6. The molecule has 0 fully saturated rings. The van der Waals surface area contributed by atoms with Gasteiger partial charge in [0, 0.05) is 11.1 Å². The molecule has 2 N–H and O–H groups in total. The molecule has 0 atom stereocenters. The third kappa shape index (κ3) is 3.95. The minimum atomic E-state index is -0.188. The minimum absolute atomic E-state index is 0.181. The number of aromatic amines is 1. The number of methoxy groups -OCH3 is 1. The molecule has 0 aliphatic rings. The molecule has 0 radical (unpaired) electrons. The van der Waals surface area contributed by atoms with Crippen molar-refractivity contribution in [3.63, 3.8) is 0 Å². The Kier molecular flexibility index (Phi) is 5.18. The molecule has 4 aromatic rings. The van der Waals surface area contributed by atoms with Gasteiger partial charge in [-0.1, -0.05) is 23.4 Å². The Bertz CT molecular complexity index is 1130. The van der Waals surface area contributed by atoms with Crippen LogP contribution in [0, 0.1) is 0 Å². The number of benzene rings is 2. The number of carbonyl (C=O) groups excluding carboxylic acids is 1. The van der Waals surface area contributed by atoms with Gasteiger partial charge in [0.25, 0.3) is 0 Å². The van der Waals surface area contributed by atoms with Crippen LogP contribution in [0.15, 0.2) is 54.2 Å².